The summed E-state index contributed by atoms with van der Waals surface area (Å²) >= 11 is 0. The minimum Gasteiger partial charge on any atom is -0.456 e. The van der Waals surface area contributed by atoms with Crippen molar-refractivity contribution in [2.24, 2.45) is 0 Å². The molecule has 10 aromatic carbocycles. The summed E-state index contributed by atoms with van der Waals surface area (Å²) in [6.45, 7) is 0. The van der Waals surface area contributed by atoms with Gasteiger partial charge in [0.15, 0.2) is 23.1 Å². The van der Waals surface area contributed by atoms with Crippen molar-refractivity contribution >= 4 is 65.7 Å². The van der Waals surface area contributed by atoms with Gasteiger partial charge in [0.2, 0.25) is 0 Å². The van der Waals surface area contributed by atoms with Crippen molar-refractivity contribution in [2.45, 2.75) is 0 Å². The van der Waals surface area contributed by atoms with Crippen LogP contribution in [0.2, 0.25) is 0 Å². The van der Waals surface area contributed by atoms with E-state index < -0.39 is 0 Å². The van der Waals surface area contributed by atoms with Crippen LogP contribution in [0.5, 0.6) is 0 Å². The van der Waals surface area contributed by atoms with E-state index in [4.69, 9.17) is 23.8 Å². The minimum absolute atomic E-state index is 0.610. The minimum atomic E-state index is 0.610. The maximum Gasteiger partial charge on any atom is 0.164 e. The lowest BCUT2D eigenvalue weighted by Crippen LogP contribution is -2.00. The van der Waals surface area contributed by atoms with Gasteiger partial charge in [-0.05, 0) is 88.0 Å². The summed E-state index contributed by atoms with van der Waals surface area (Å²) in [6.07, 6.45) is 0. The van der Waals surface area contributed by atoms with Crippen molar-refractivity contribution in [1.29, 1.82) is 0 Å². The van der Waals surface area contributed by atoms with Crippen molar-refractivity contribution in [1.82, 2.24) is 19.5 Å². The molecule has 0 aliphatic heterocycles. The third-order valence-corrected chi connectivity index (χ3v) is 13.5. The van der Waals surface area contributed by atoms with Crippen molar-refractivity contribution in [3.05, 3.63) is 231 Å². The topological polar surface area (TPSA) is 69.9 Å². The summed E-state index contributed by atoms with van der Waals surface area (Å²) in [5.41, 5.74) is 16.0. The second kappa shape index (κ2) is 15.6. The monoisotopic (exact) mass is 882 g/mol. The third kappa shape index (κ3) is 6.38. The van der Waals surface area contributed by atoms with Gasteiger partial charge in [0.1, 0.15) is 16.7 Å². The number of para-hydroxylation sites is 2. The van der Waals surface area contributed by atoms with E-state index in [1.165, 1.54) is 21.9 Å². The number of hydrogen-bond donors (Lipinski definition) is 0. The largest absolute Gasteiger partial charge is 0.456 e. The molecule has 0 atom stereocenters. The predicted molar refractivity (Wildman–Crippen MR) is 281 cm³/mol. The Morgan fingerprint density at radius 2 is 0.812 bits per heavy atom. The Hall–Kier alpha value is -9.39. The zero-order valence-electron chi connectivity index (χ0n) is 37.0. The fourth-order valence-electron chi connectivity index (χ4n) is 10.3. The highest BCUT2D eigenvalue weighted by Gasteiger charge is 2.22. The van der Waals surface area contributed by atoms with Crippen LogP contribution in [0.1, 0.15) is 0 Å². The lowest BCUT2D eigenvalue weighted by Gasteiger charge is -2.10. The summed E-state index contributed by atoms with van der Waals surface area (Å²) in [7, 11) is 0. The molecule has 0 N–H and O–H groups in total. The van der Waals surface area contributed by atoms with Gasteiger partial charge in [0, 0.05) is 49.0 Å². The quantitative estimate of drug-likeness (QED) is 0.159. The number of hydrogen-bond acceptors (Lipinski definition) is 5. The van der Waals surface area contributed by atoms with Gasteiger partial charge in [-0.1, -0.05) is 176 Å². The molecular formula is C63H38N4O2. The van der Waals surface area contributed by atoms with E-state index in [9.17, 15) is 0 Å². The second-order valence-electron chi connectivity index (χ2n) is 17.5. The molecule has 0 radical (unpaired) electrons. The lowest BCUT2D eigenvalue weighted by atomic mass is 9.95. The van der Waals surface area contributed by atoms with Gasteiger partial charge in [0.05, 0.1) is 16.7 Å². The van der Waals surface area contributed by atoms with Gasteiger partial charge in [0.25, 0.3) is 0 Å². The average molecular weight is 883 g/mol. The first-order chi connectivity index (χ1) is 34.2. The molecule has 0 saturated carbocycles. The molecule has 0 aliphatic rings. The summed E-state index contributed by atoms with van der Waals surface area (Å²) in [4.78, 5) is 14.9. The van der Waals surface area contributed by atoms with Crippen molar-refractivity contribution in [3.8, 4) is 73.2 Å². The van der Waals surface area contributed by atoms with Gasteiger partial charge in [-0.15, -0.1) is 0 Å². The van der Waals surface area contributed by atoms with E-state index in [1.54, 1.807) is 0 Å². The Labute approximate surface area is 396 Å². The Morgan fingerprint density at radius 3 is 1.54 bits per heavy atom. The van der Waals surface area contributed by atoms with Crippen LogP contribution in [-0.2, 0) is 0 Å². The first kappa shape index (κ1) is 38.8. The van der Waals surface area contributed by atoms with E-state index >= 15 is 0 Å². The molecule has 14 rings (SSSR count). The molecule has 69 heavy (non-hydrogen) atoms. The number of nitrogens with zero attached hydrogens (tertiary/aromatic N) is 4. The molecular weight excluding hydrogens is 845 g/mol. The van der Waals surface area contributed by atoms with Crippen LogP contribution in [0.25, 0.3) is 139 Å². The first-order valence-corrected chi connectivity index (χ1v) is 23.2. The molecule has 0 spiro atoms. The van der Waals surface area contributed by atoms with Gasteiger partial charge < -0.3 is 13.4 Å². The zero-order valence-corrected chi connectivity index (χ0v) is 37.0. The summed E-state index contributed by atoms with van der Waals surface area (Å²) in [5, 5.41) is 6.63. The van der Waals surface area contributed by atoms with Crippen molar-refractivity contribution < 1.29 is 8.83 Å². The molecule has 4 aromatic heterocycles. The lowest BCUT2D eigenvalue weighted by molar-refractivity contribution is 0.666. The molecule has 0 amide bonds. The highest BCUT2D eigenvalue weighted by molar-refractivity contribution is 6.18. The van der Waals surface area contributed by atoms with Crippen LogP contribution in [0.15, 0.2) is 239 Å². The van der Waals surface area contributed by atoms with E-state index in [-0.39, 0.29) is 0 Å². The van der Waals surface area contributed by atoms with Crippen molar-refractivity contribution in [3.63, 3.8) is 0 Å². The molecule has 0 saturated heterocycles. The normalized spacial score (nSPS) is 11.8. The predicted octanol–water partition coefficient (Wildman–Crippen LogP) is 16.8. The molecule has 6 heteroatoms. The molecule has 6 nitrogen and oxygen atoms in total. The van der Waals surface area contributed by atoms with E-state index in [0.717, 1.165) is 99.5 Å². The zero-order chi connectivity index (χ0) is 45.4. The molecule has 322 valence electrons. The Kier molecular flexibility index (Phi) is 8.79. The maximum absolute atomic E-state index is 6.90. The third-order valence-electron chi connectivity index (χ3n) is 13.5. The average Bonchev–Trinajstić information content (AvgIpc) is 4.11. The Morgan fingerprint density at radius 1 is 0.290 bits per heavy atom. The molecule has 0 aliphatic carbocycles. The Bertz CT molecular complexity index is 4250. The van der Waals surface area contributed by atoms with E-state index in [2.05, 4.69) is 174 Å². The number of fused-ring (bicyclic) bond motifs is 9. The summed E-state index contributed by atoms with van der Waals surface area (Å²) in [5.74, 6) is 1.87. The van der Waals surface area contributed by atoms with Crippen LogP contribution in [-0.4, -0.2) is 19.5 Å². The maximum atomic E-state index is 6.90. The first-order valence-electron chi connectivity index (χ1n) is 23.2. The van der Waals surface area contributed by atoms with Crippen LogP contribution >= 0.6 is 0 Å². The number of aromatic nitrogens is 4. The standard InChI is InChI=1S/C63H38N4O2/c1-4-16-39(17-5-1)42-33-35-53-51(37-42)48-24-10-11-28-52(48)67(53)54-29-13-27-50-59-47(26-15-31-56(59)69-60(50)54)44-32-34-49-57(38-44)68-55-30-14-25-46(58(49)55)43-22-12-23-45(36-43)63-65-61(40-18-6-2-7-19-40)64-62(66-63)41-20-8-3-9-21-41/h1-38H. The van der Waals surface area contributed by atoms with Crippen LogP contribution in [0.3, 0.4) is 0 Å². The molecule has 14 aromatic rings. The smallest absolute Gasteiger partial charge is 0.164 e. The van der Waals surface area contributed by atoms with Crippen LogP contribution in [0, 0.1) is 0 Å². The number of rotatable bonds is 7. The van der Waals surface area contributed by atoms with Gasteiger partial charge in [-0.3, -0.25) is 0 Å². The van der Waals surface area contributed by atoms with E-state index in [1.807, 2.05) is 60.7 Å². The van der Waals surface area contributed by atoms with Crippen molar-refractivity contribution in [2.75, 3.05) is 0 Å². The molecule has 0 fully saturated rings. The fraction of sp³-hybridized carbons (Fsp3) is 0. The van der Waals surface area contributed by atoms with Gasteiger partial charge >= 0.3 is 0 Å². The van der Waals surface area contributed by atoms with E-state index in [0.29, 0.717) is 17.5 Å². The summed E-state index contributed by atoms with van der Waals surface area (Å²) < 4.78 is 16.0. The summed E-state index contributed by atoms with van der Waals surface area (Å²) in [6, 6.07) is 80.3. The molecule has 0 unspecified atom stereocenters. The number of benzene rings is 10. The molecule has 0 bridgehead atoms. The Balaban J connectivity index is 0.874. The molecule has 4 heterocycles. The fourth-order valence-corrected chi connectivity index (χ4v) is 10.3. The van der Waals surface area contributed by atoms with Gasteiger partial charge in [-0.2, -0.15) is 0 Å². The van der Waals surface area contributed by atoms with Crippen LogP contribution in [0.4, 0.5) is 0 Å². The highest BCUT2D eigenvalue weighted by Crippen LogP contribution is 2.44. The SMILES string of the molecule is c1ccc(-c2ccc3c(c2)c2ccccc2n3-c2cccc3c2oc2cccc(-c4ccc5c(c4)oc4cccc(-c6cccc(-c7nc(-c8ccccc8)nc(-c8ccccc8)n7)c6)c45)c23)cc1. The van der Waals surface area contributed by atoms with Gasteiger partial charge in [-0.25, -0.2) is 15.0 Å². The second-order valence-corrected chi connectivity index (χ2v) is 17.5. The highest BCUT2D eigenvalue weighted by atomic mass is 16.3. The number of furan rings is 2. The van der Waals surface area contributed by atoms with Crippen LogP contribution < -0.4 is 0 Å².